The summed E-state index contributed by atoms with van der Waals surface area (Å²) in [5, 5.41) is 3.85. The number of aromatic amines is 1. The van der Waals surface area contributed by atoms with E-state index in [-0.39, 0.29) is 18.0 Å². The molecule has 2 aliphatic rings. The van der Waals surface area contributed by atoms with Crippen molar-refractivity contribution in [1.29, 1.82) is 0 Å². The molecular weight excluding hydrogens is 448 g/mol. The van der Waals surface area contributed by atoms with Gasteiger partial charge in [-0.05, 0) is 69.1 Å². The van der Waals surface area contributed by atoms with Gasteiger partial charge in [-0.25, -0.2) is 4.79 Å². The lowest BCUT2D eigenvalue weighted by atomic mass is 9.96. The van der Waals surface area contributed by atoms with Gasteiger partial charge in [0.1, 0.15) is 18.4 Å². The van der Waals surface area contributed by atoms with Crippen LogP contribution in [0, 0.1) is 5.92 Å². The first-order chi connectivity index (χ1) is 17.1. The summed E-state index contributed by atoms with van der Waals surface area (Å²) in [6.45, 7) is 5.91. The summed E-state index contributed by atoms with van der Waals surface area (Å²) < 4.78 is 17.5. The number of carbonyl (C=O) groups is 2. The molecule has 1 aromatic carbocycles. The van der Waals surface area contributed by atoms with Gasteiger partial charge in [0.05, 0.1) is 17.7 Å². The average molecular weight is 479 g/mol. The van der Waals surface area contributed by atoms with Crippen LogP contribution in [-0.2, 0) is 4.74 Å². The lowest BCUT2D eigenvalue weighted by Gasteiger charge is -2.35. The van der Waals surface area contributed by atoms with E-state index >= 15 is 0 Å². The number of amides is 1. The van der Waals surface area contributed by atoms with Gasteiger partial charge in [-0.2, -0.15) is 0 Å². The molecule has 1 unspecified atom stereocenters. The Labute approximate surface area is 203 Å². The number of piperidine rings is 1. The number of rotatable bonds is 7. The highest BCUT2D eigenvalue weighted by molar-refractivity contribution is 5.98. The summed E-state index contributed by atoms with van der Waals surface area (Å²) in [6.07, 6.45) is 5.18. The molecular formula is C26H30N4O5. The second-order valence-electron chi connectivity index (χ2n) is 9.00. The van der Waals surface area contributed by atoms with Crippen molar-refractivity contribution < 1.29 is 23.8 Å². The lowest BCUT2D eigenvalue weighted by molar-refractivity contribution is 0.0490. The van der Waals surface area contributed by atoms with Crippen LogP contribution in [0.4, 0.5) is 0 Å². The maximum Gasteiger partial charge on any atom is 0.354 e. The van der Waals surface area contributed by atoms with Crippen LogP contribution >= 0.6 is 0 Å². The van der Waals surface area contributed by atoms with Crippen LogP contribution in [0.15, 0.2) is 42.7 Å². The van der Waals surface area contributed by atoms with Gasteiger partial charge in [-0.1, -0.05) is 0 Å². The van der Waals surface area contributed by atoms with Crippen molar-refractivity contribution in [3.63, 3.8) is 0 Å². The fraction of sp³-hybridized carbons (Fsp3) is 0.423. The van der Waals surface area contributed by atoms with E-state index in [0.29, 0.717) is 48.4 Å². The fourth-order valence-corrected chi connectivity index (χ4v) is 4.68. The molecule has 4 heterocycles. The summed E-state index contributed by atoms with van der Waals surface area (Å²) in [4.78, 5) is 33.9. The van der Waals surface area contributed by atoms with Gasteiger partial charge >= 0.3 is 5.97 Å². The first kappa shape index (κ1) is 23.2. The fourth-order valence-electron chi connectivity index (χ4n) is 4.68. The molecule has 1 fully saturated rings. The average Bonchev–Trinajstić information content (AvgIpc) is 3.34. The van der Waals surface area contributed by atoms with Crippen LogP contribution in [0.5, 0.6) is 11.5 Å². The second-order valence-corrected chi connectivity index (χ2v) is 9.00. The number of nitrogens with zero attached hydrogens (tertiary/aromatic N) is 2. The van der Waals surface area contributed by atoms with Gasteiger partial charge in [0.2, 0.25) is 0 Å². The van der Waals surface area contributed by atoms with Crippen LogP contribution in [0.1, 0.15) is 40.6 Å². The normalized spacial score (nSPS) is 18.4. The molecule has 3 aromatic rings. The minimum atomic E-state index is -0.384. The quantitative estimate of drug-likeness (QED) is 0.503. The number of nitrogens with one attached hydrogen (secondary N) is 2. The molecule has 1 atom stereocenters. The standard InChI is InChI=1S/C26H30N4O5/c1-2-33-26(32)22-12-20-21(29-22)5-6-23-24(20)35-19(16-34-23)15-30-10-7-17(8-11-30)13-28-25(31)18-4-3-9-27-14-18/h3-6,9,12,14,17,19,29H,2,7-8,10-11,13,15-16H2,1H3,(H,28,31). The molecule has 184 valence electrons. The van der Waals surface area contributed by atoms with Crippen LogP contribution in [0.2, 0.25) is 0 Å². The zero-order valence-corrected chi connectivity index (χ0v) is 19.8. The number of hydrogen-bond acceptors (Lipinski definition) is 7. The van der Waals surface area contributed by atoms with Crippen molar-refractivity contribution in [2.75, 3.05) is 39.4 Å². The molecule has 2 aromatic heterocycles. The van der Waals surface area contributed by atoms with Crippen LogP contribution < -0.4 is 14.8 Å². The summed E-state index contributed by atoms with van der Waals surface area (Å²) in [5.41, 5.74) is 1.80. The number of hydrogen-bond donors (Lipinski definition) is 2. The van der Waals surface area contributed by atoms with E-state index in [1.165, 1.54) is 0 Å². The molecule has 9 nitrogen and oxygen atoms in total. The highest BCUT2D eigenvalue weighted by Gasteiger charge is 2.28. The predicted octanol–water partition coefficient (Wildman–Crippen LogP) is 3.02. The van der Waals surface area contributed by atoms with E-state index in [1.54, 1.807) is 37.5 Å². The first-order valence-corrected chi connectivity index (χ1v) is 12.1. The van der Waals surface area contributed by atoms with Crippen LogP contribution in [0.3, 0.4) is 0 Å². The Balaban J connectivity index is 1.14. The molecule has 1 amide bonds. The zero-order valence-electron chi connectivity index (χ0n) is 19.8. The molecule has 35 heavy (non-hydrogen) atoms. The van der Waals surface area contributed by atoms with Crippen molar-refractivity contribution in [3.8, 4) is 11.5 Å². The molecule has 0 aliphatic carbocycles. The zero-order chi connectivity index (χ0) is 24.2. The SMILES string of the molecule is CCOC(=O)c1cc2c3c(ccc2[nH]1)OCC(CN1CCC(CNC(=O)c2cccnc2)CC1)O3. The van der Waals surface area contributed by atoms with Gasteiger partial charge in [-0.3, -0.25) is 14.7 Å². The van der Waals surface area contributed by atoms with Gasteiger partial charge < -0.3 is 24.5 Å². The number of H-pyrrole nitrogens is 1. The Morgan fingerprint density at radius 2 is 2.11 bits per heavy atom. The molecule has 0 bridgehead atoms. The molecule has 0 radical (unpaired) electrons. The molecule has 1 saturated heterocycles. The van der Waals surface area contributed by atoms with Crippen molar-refractivity contribution >= 4 is 22.8 Å². The van der Waals surface area contributed by atoms with E-state index in [1.807, 2.05) is 12.1 Å². The Kier molecular flexibility index (Phi) is 6.85. The third-order valence-corrected chi connectivity index (χ3v) is 6.57. The maximum absolute atomic E-state index is 12.3. The molecule has 0 saturated carbocycles. The van der Waals surface area contributed by atoms with Crippen LogP contribution in [0.25, 0.3) is 10.9 Å². The van der Waals surface area contributed by atoms with Gasteiger partial charge in [0, 0.05) is 30.9 Å². The lowest BCUT2D eigenvalue weighted by Crippen LogP contribution is -2.45. The van der Waals surface area contributed by atoms with Gasteiger partial charge in [0.25, 0.3) is 5.91 Å². The van der Waals surface area contributed by atoms with E-state index in [0.717, 1.165) is 43.4 Å². The molecule has 0 spiro atoms. The van der Waals surface area contributed by atoms with Crippen LogP contribution in [-0.4, -0.2) is 72.2 Å². The number of pyridine rings is 1. The number of ether oxygens (including phenoxy) is 3. The topological polar surface area (TPSA) is 106 Å². The predicted molar refractivity (Wildman–Crippen MR) is 130 cm³/mol. The van der Waals surface area contributed by atoms with Crippen molar-refractivity contribution in [3.05, 3.63) is 54.0 Å². The Morgan fingerprint density at radius 1 is 1.26 bits per heavy atom. The largest absolute Gasteiger partial charge is 0.486 e. The number of fused-ring (bicyclic) bond motifs is 3. The molecule has 2 N–H and O–H groups in total. The van der Waals surface area contributed by atoms with E-state index in [4.69, 9.17) is 14.2 Å². The minimum Gasteiger partial charge on any atom is -0.486 e. The van der Waals surface area contributed by atoms with Gasteiger partial charge in [0.15, 0.2) is 11.5 Å². The molecule has 2 aliphatic heterocycles. The highest BCUT2D eigenvalue weighted by atomic mass is 16.6. The Bertz CT molecular complexity index is 1190. The maximum atomic E-state index is 12.3. The van der Waals surface area contributed by atoms with E-state index in [9.17, 15) is 9.59 Å². The second kappa shape index (κ2) is 10.4. The third-order valence-electron chi connectivity index (χ3n) is 6.57. The Hall–Kier alpha value is -3.59. The number of likely N-dealkylation sites (tertiary alicyclic amines) is 1. The summed E-state index contributed by atoms with van der Waals surface area (Å²) >= 11 is 0. The van der Waals surface area contributed by atoms with Crippen molar-refractivity contribution in [1.82, 2.24) is 20.2 Å². The first-order valence-electron chi connectivity index (χ1n) is 12.1. The number of aromatic nitrogens is 2. The highest BCUT2D eigenvalue weighted by Crippen LogP contribution is 2.39. The van der Waals surface area contributed by atoms with Crippen molar-refractivity contribution in [2.45, 2.75) is 25.9 Å². The minimum absolute atomic E-state index is 0.0749. The number of carbonyl (C=O) groups excluding carboxylic acids is 2. The van der Waals surface area contributed by atoms with Crippen molar-refractivity contribution in [2.24, 2.45) is 5.92 Å². The summed E-state index contributed by atoms with van der Waals surface area (Å²) in [7, 11) is 0. The Morgan fingerprint density at radius 3 is 2.89 bits per heavy atom. The number of benzene rings is 1. The number of esters is 1. The monoisotopic (exact) mass is 478 g/mol. The molecule has 9 heteroatoms. The molecule has 5 rings (SSSR count). The summed E-state index contributed by atoms with van der Waals surface area (Å²) in [5.74, 6) is 1.35. The third kappa shape index (κ3) is 5.24. The summed E-state index contributed by atoms with van der Waals surface area (Å²) in [6, 6.07) is 9.06. The van der Waals surface area contributed by atoms with Gasteiger partial charge in [-0.15, -0.1) is 0 Å². The smallest absolute Gasteiger partial charge is 0.354 e. The van der Waals surface area contributed by atoms with E-state index in [2.05, 4.69) is 20.2 Å². The van der Waals surface area contributed by atoms with E-state index < -0.39 is 0 Å².